The van der Waals surface area contributed by atoms with Gasteiger partial charge in [0.1, 0.15) is 0 Å². The van der Waals surface area contributed by atoms with Crippen molar-refractivity contribution in [1.29, 1.82) is 0 Å². The molecule has 0 unspecified atom stereocenters. The highest BCUT2D eigenvalue weighted by atomic mass is 32.3. The van der Waals surface area contributed by atoms with Gasteiger partial charge < -0.3 is 0 Å². The van der Waals surface area contributed by atoms with Crippen LogP contribution in [-0.4, -0.2) is 19.7 Å². The number of benzene rings is 4. The lowest BCUT2D eigenvalue weighted by Gasteiger charge is -2.40. The summed E-state index contributed by atoms with van der Waals surface area (Å²) in [6.45, 7) is 2.31. The Kier molecular flexibility index (Phi) is 4.81. The van der Waals surface area contributed by atoms with Crippen LogP contribution < -0.4 is 0 Å². The minimum Gasteiger partial charge on any atom is -0.286 e. The predicted octanol–water partition coefficient (Wildman–Crippen LogP) is 7.58. The molecule has 0 saturated heterocycles. The molecule has 0 fully saturated rings. The lowest BCUT2D eigenvalue weighted by molar-refractivity contribution is 1.07. The van der Waals surface area contributed by atoms with Gasteiger partial charge in [0, 0.05) is 18.1 Å². The number of aromatic nitrogens is 3. The molecular formula is C29H25N3S. The van der Waals surface area contributed by atoms with E-state index in [0.29, 0.717) is 0 Å². The number of imidazole rings is 2. The molecule has 4 heteroatoms. The monoisotopic (exact) mass is 447 g/mol. The van der Waals surface area contributed by atoms with Gasteiger partial charge in [-0.2, -0.15) is 10.0 Å². The van der Waals surface area contributed by atoms with Gasteiger partial charge in [0.25, 0.3) is 0 Å². The summed E-state index contributed by atoms with van der Waals surface area (Å²) in [6.07, 6.45) is 4.19. The van der Waals surface area contributed by atoms with Crippen molar-refractivity contribution in [2.75, 3.05) is 5.75 Å². The highest BCUT2D eigenvalue weighted by Gasteiger charge is 2.29. The van der Waals surface area contributed by atoms with Gasteiger partial charge in [0.15, 0.2) is 0 Å². The molecule has 0 amide bonds. The Bertz CT molecular complexity index is 1490. The Morgan fingerprint density at radius 2 is 1.21 bits per heavy atom. The summed E-state index contributed by atoms with van der Waals surface area (Å²) in [7, 11) is -1.35. The third-order valence-corrected chi connectivity index (χ3v) is 10.5. The molecule has 0 aliphatic rings. The molecule has 0 bridgehead atoms. The van der Waals surface area contributed by atoms with Crippen molar-refractivity contribution in [1.82, 2.24) is 14.0 Å². The van der Waals surface area contributed by atoms with Crippen molar-refractivity contribution < 1.29 is 0 Å². The molecule has 0 aliphatic carbocycles. The van der Waals surface area contributed by atoms with Crippen molar-refractivity contribution in [3.63, 3.8) is 0 Å². The van der Waals surface area contributed by atoms with Crippen molar-refractivity contribution in [2.45, 2.75) is 21.6 Å². The first-order valence-electron chi connectivity index (χ1n) is 11.3. The molecule has 3 nitrogen and oxygen atoms in total. The third-order valence-electron chi connectivity index (χ3n) is 6.40. The second-order valence-corrected chi connectivity index (χ2v) is 11.6. The van der Waals surface area contributed by atoms with Crippen LogP contribution in [0.5, 0.6) is 0 Å². The molecule has 0 aliphatic heterocycles. The van der Waals surface area contributed by atoms with Gasteiger partial charge in [-0.3, -0.25) is 8.97 Å². The van der Waals surface area contributed by atoms with E-state index in [1.54, 1.807) is 0 Å². The summed E-state index contributed by atoms with van der Waals surface area (Å²) in [5.74, 6) is 1.99. The van der Waals surface area contributed by atoms with E-state index in [2.05, 4.69) is 131 Å². The summed E-state index contributed by atoms with van der Waals surface area (Å²) in [4.78, 5) is 9.04. The summed E-state index contributed by atoms with van der Waals surface area (Å²) in [5.41, 5.74) is 3.26. The molecule has 0 saturated carbocycles. The molecule has 4 aromatic carbocycles. The molecule has 162 valence electrons. The molecule has 0 atom stereocenters. The van der Waals surface area contributed by atoms with Gasteiger partial charge in [-0.05, 0) is 81.1 Å². The van der Waals surface area contributed by atoms with E-state index in [1.165, 1.54) is 14.7 Å². The van der Waals surface area contributed by atoms with Crippen molar-refractivity contribution in [2.24, 2.45) is 0 Å². The van der Waals surface area contributed by atoms with E-state index in [-0.39, 0.29) is 0 Å². The van der Waals surface area contributed by atoms with E-state index < -0.39 is 10.0 Å². The van der Waals surface area contributed by atoms with Crippen molar-refractivity contribution >= 4 is 26.8 Å². The fourth-order valence-corrected chi connectivity index (χ4v) is 8.46. The first kappa shape index (κ1) is 19.9. The summed E-state index contributed by atoms with van der Waals surface area (Å²) in [6, 6.07) is 39.3. The van der Waals surface area contributed by atoms with Crippen LogP contribution in [0, 0.1) is 0 Å². The molecular weight excluding hydrogens is 422 g/mol. The van der Waals surface area contributed by atoms with Crippen LogP contribution in [0.2, 0.25) is 0 Å². The summed E-state index contributed by atoms with van der Waals surface area (Å²) >= 11 is 0. The molecule has 0 N–H and O–H groups in total. The maximum atomic E-state index is 4.87. The van der Waals surface area contributed by atoms with E-state index in [1.807, 2.05) is 6.07 Å². The normalized spacial score (nSPS) is 12.4. The van der Waals surface area contributed by atoms with E-state index in [0.717, 1.165) is 28.3 Å². The van der Waals surface area contributed by atoms with Crippen LogP contribution in [-0.2, 0) is 0 Å². The smallest absolute Gasteiger partial charge is 0.219 e. The van der Waals surface area contributed by atoms with Crippen LogP contribution in [0.15, 0.2) is 136 Å². The van der Waals surface area contributed by atoms with E-state index in [4.69, 9.17) is 4.98 Å². The number of fused-ring (bicyclic) bond motifs is 3. The quantitative estimate of drug-likeness (QED) is 0.267. The van der Waals surface area contributed by atoms with Crippen molar-refractivity contribution in [3.8, 4) is 5.69 Å². The lowest BCUT2D eigenvalue weighted by atomic mass is 10.3. The number of rotatable bonds is 5. The molecule has 6 aromatic rings. The summed E-state index contributed by atoms with van der Waals surface area (Å²) < 4.78 is 4.32. The first-order valence-corrected chi connectivity index (χ1v) is 13.1. The maximum absolute atomic E-state index is 4.87. The second kappa shape index (κ2) is 7.98. The van der Waals surface area contributed by atoms with Gasteiger partial charge in [0.05, 0.1) is 11.0 Å². The van der Waals surface area contributed by atoms with Crippen molar-refractivity contribution in [3.05, 3.63) is 122 Å². The molecule has 2 heterocycles. The van der Waals surface area contributed by atoms with E-state index >= 15 is 0 Å². The standard InChI is InChI=1S/C29H25N3S/c1-2-33(24-11-5-3-6-12-24,25-13-7-4-8-14-25)26-19-17-23(18-20-26)31-21-22-32-28-16-10-9-15-27(28)30-29(31)32/h3-22H,2H2,1H3. The minimum atomic E-state index is -1.35. The number of para-hydroxylation sites is 2. The Labute approximate surface area is 195 Å². The number of hydrogen-bond donors (Lipinski definition) is 0. The van der Waals surface area contributed by atoms with Crippen LogP contribution in [0.25, 0.3) is 22.5 Å². The molecule has 6 rings (SSSR count). The predicted molar refractivity (Wildman–Crippen MR) is 138 cm³/mol. The zero-order valence-electron chi connectivity index (χ0n) is 18.5. The highest BCUT2D eigenvalue weighted by molar-refractivity contribution is 8.33. The van der Waals surface area contributed by atoms with Crippen LogP contribution in [0.4, 0.5) is 0 Å². The average molecular weight is 448 g/mol. The van der Waals surface area contributed by atoms with Crippen LogP contribution in [0.3, 0.4) is 0 Å². The largest absolute Gasteiger partial charge is 0.286 e. The SMILES string of the molecule is CCS(c1ccccc1)(c1ccccc1)c1ccc(-n2ccn3c4ccccc4nc23)cc1. The van der Waals surface area contributed by atoms with Crippen LogP contribution >= 0.6 is 10.0 Å². The zero-order valence-corrected chi connectivity index (χ0v) is 19.3. The Morgan fingerprint density at radius 1 is 0.636 bits per heavy atom. The summed E-state index contributed by atoms with van der Waals surface area (Å²) in [5, 5.41) is 0. The zero-order chi connectivity index (χ0) is 22.3. The Morgan fingerprint density at radius 3 is 1.85 bits per heavy atom. The average Bonchev–Trinajstić information content (AvgIpc) is 3.46. The second-order valence-electron chi connectivity index (χ2n) is 8.09. The van der Waals surface area contributed by atoms with Gasteiger partial charge in [0.2, 0.25) is 5.78 Å². The number of hydrogen-bond acceptors (Lipinski definition) is 1. The molecule has 2 aromatic heterocycles. The molecule has 0 spiro atoms. The Hall–Kier alpha value is -3.76. The number of nitrogens with zero attached hydrogens (tertiary/aromatic N) is 3. The van der Waals surface area contributed by atoms with Crippen LogP contribution in [0.1, 0.15) is 6.92 Å². The van der Waals surface area contributed by atoms with Gasteiger partial charge in [-0.1, -0.05) is 55.5 Å². The van der Waals surface area contributed by atoms with Gasteiger partial charge in [-0.25, -0.2) is 4.98 Å². The minimum absolute atomic E-state index is 0.934. The molecule has 0 radical (unpaired) electrons. The fourth-order valence-electron chi connectivity index (χ4n) is 4.80. The lowest BCUT2D eigenvalue weighted by Crippen LogP contribution is -2.06. The van der Waals surface area contributed by atoms with Gasteiger partial charge in [-0.15, -0.1) is 0 Å². The Balaban J connectivity index is 1.49. The van der Waals surface area contributed by atoms with E-state index in [9.17, 15) is 0 Å². The maximum Gasteiger partial charge on any atom is 0.219 e. The highest BCUT2D eigenvalue weighted by Crippen LogP contribution is 2.67. The topological polar surface area (TPSA) is 22.2 Å². The first-order chi connectivity index (χ1) is 16.3. The molecule has 33 heavy (non-hydrogen) atoms. The third kappa shape index (κ3) is 3.10. The van der Waals surface area contributed by atoms with Gasteiger partial charge >= 0.3 is 0 Å². The fraction of sp³-hybridized carbons (Fsp3) is 0.0690.